The molecule has 0 aliphatic carbocycles. The van der Waals surface area contributed by atoms with Crippen LogP contribution in [0.5, 0.6) is 0 Å². The van der Waals surface area contributed by atoms with Gasteiger partial charge < -0.3 is 20.4 Å². The number of benzene rings is 1. The molecule has 0 radical (unpaired) electrons. The summed E-state index contributed by atoms with van der Waals surface area (Å²) in [4.78, 5) is 20.9. The van der Waals surface area contributed by atoms with Crippen molar-refractivity contribution in [3.63, 3.8) is 0 Å². The molecule has 0 saturated carbocycles. The van der Waals surface area contributed by atoms with Crippen LogP contribution in [0.1, 0.15) is 36.3 Å². The van der Waals surface area contributed by atoms with Gasteiger partial charge in [0.05, 0.1) is 5.69 Å². The van der Waals surface area contributed by atoms with Crippen molar-refractivity contribution in [1.82, 2.24) is 15.6 Å². The third-order valence-corrected chi connectivity index (χ3v) is 4.40. The Morgan fingerprint density at radius 3 is 2.64 bits per heavy atom. The number of aliphatic imine (C=N–C) groups is 1. The highest BCUT2D eigenvalue weighted by atomic mass is 127. The maximum atomic E-state index is 12.2. The standard InChI is InChI=1S/C19H26BrN5O2.HI/c1-5-21-19(23-11-18-24-13(3)14(4)27-18)22-9-8-17(26)25-16-10-15(20)7-6-12(16)2;/h6-7,10H,5,8-9,11H2,1-4H3,(H,25,26)(H2,21,22,23);1H. The van der Waals surface area contributed by atoms with E-state index in [1.165, 1.54) is 0 Å². The summed E-state index contributed by atoms with van der Waals surface area (Å²) in [6.45, 7) is 9.26. The van der Waals surface area contributed by atoms with Crippen LogP contribution in [0, 0.1) is 20.8 Å². The van der Waals surface area contributed by atoms with Gasteiger partial charge in [-0.3, -0.25) is 4.79 Å². The van der Waals surface area contributed by atoms with Gasteiger partial charge in [-0.1, -0.05) is 22.0 Å². The van der Waals surface area contributed by atoms with Crippen LogP contribution in [-0.2, 0) is 11.3 Å². The maximum Gasteiger partial charge on any atom is 0.226 e. The molecular weight excluding hydrogens is 537 g/mol. The van der Waals surface area contributed by atoms with Crippen LogP contribution in [-0.4, -0.2) is 29.9 Å². The highest BCUT2D eigenvalue weighted by Gasteiger charge is 2.08. The van der Waals surface area contributed by atoms with Gasteiger partial charge in [0.1, 0.15) is 12.3 Å². The van der Waals surface area contributed by atoms with Crippen molar-refractivity contribution in [3.05, 3.63) is 45.6 Å². The molecule has 9 heteroatoms. The van der Waals surface area contributed by atoms with Crippen molar-refractivity contribution in [3.8, 4) is 0 Å². The zero-order valence-corrected chi connectivity index (χ0v) is 20.5. The quantitative estimate of drug-likeness (QED) is 0.268. The predicted molar refractivity (Wildman–Crippen MR) is 126 cm³/mol. The molecule has 1 aromatic heterocycles. The van der Waals surface area contributed by atoms with E-state index >= 15 is 0 Å². The van der Waals surface area contributed by atoms with Gasteiger partial charge in [-0.2, -0.15) is 0 Å². The first kappa shape index (κ1) is 24.4. The number of aromatic nitrogens is 1. The summed E-state index contributed by atoms with van der Waals surface area (Å²) in [6, 6.07) is 5.80. The van der Waals surface area contributed by atoms with E-state index in [2.05, 4.69) is 41.9 Å². The zero-order chi connectivity index (χ0) is 19.8. The van der Waals surface area contributed by atoms with Crippen LogP contribution in [0.4, 0.5) is 5.69 Å². The Morgan fingerprint density at radius 1 is 1.25 bits per heavy atom. The SMILES string of the molecule is CCNC(=NCc1nc(C)c(C)o1)NCCC(=O)Nc1cc(Br)ccc1C.I. The molecule has 0 saturated heterocycles. The summed E-state index contributed by atoms with van der Waals surface area (Å²) in [5.41, 5.74) is 2.70. The van der Waals surface area contributed by atoms with Gasteiger partial charge in [0, 0.05) is 29.7 Å². The molecule has 28 heavy (non-hydrogen) atoms. The second-order valence-corrected chi connectivity index (χ2v) is 7.04. The molecule has 0 aliphatic rings. The predicted octanol–water partition coefficient (Wildman–Crippen LogP) is 4.06. The monoisotopic (exact) mass is 563 g/mol. The molecular formula is C19H27BrIN5O2. The van der Waals surface area contributed by atoms with Crippen LogP contribution in [0.25, 0.3) is 0 Å². The largest absolute Gasteiger partial charge is 0.444 e. The summed E-state index contributed by atoms with van der Waals surface area (Å²) in [7, 11) is 0. The molecule has 7 nitrogen and oxygen atoms in total. The number of nitrogens with zero attached hydrogens (tertiary/aromatic N) is 2. The fourth-order valence-corrected chi connectivity index (χ4v) is 2.69. The molecule has 0 aliphatic heterocycles. The fourth-order valence-electron chi connectivity index (χ4n) is 2.33. The van der Waals surface area contributed by atoms with E-state index < -0.39 is 0 Å². The average molecular weight is 564 g/mol. The molecule has 1 aromatic carbocycles. The van der Waals surface area contributed by atoms with Crippen LogP contribution in [0.3, 0.4) is 0 Å². The van der Waals surface area contributed by atoms with E-state index in [9.17, 15) is 4.79 Å². The number of oxazole rings is 1. The lowest BCUT2D eigenvalue weighted by atomic mass is 10.2. The Balaban J connectivity index is 0.00000392. The number of aryl methyl sites for hydroxylation is 3. The zero-order valence-electron chi connectivity index (χ0n) is 16.6. The Morgan fingerprint density at radius 2 is 2.00 bits per heavy atom. The first-order valence-corrected chi connectivity index (χ1v) is 9.69. The fraction of sp³-hybridized carbons (Fsp3) is 0.421. The van der Waals surface area contributed by atoms with E-state index in [0.29, 0.717) is 31.4 Å². The van der Waals surface area contributed by atoms with Crippen molar-refractivity contribution in [2.24, 2.45) is 4.99 Å². The van der Waals surface area contributed by atoms with Crippen LogP contribution in [0.2, 0.25) is 0 Å². The first-order chi connectivity index (χ1) is 12.9. The lowest BCUT2D eigenvalue weighted by Gasteiger charge is -2.12. The normalized spacial score (nSPS) is 11.0. The van der Waals surface area contributed by atoms with Gasteiger partial charge in [0.2, 0.25) is 11.8 Å². The van der Waals surface area contributed by atoms with Crippen LogP contribution < -0.4 is 16.0 Å². The summed E-state index contributed by atoms with van der Waals surface area (Å²) < 4.78 is 6.46. The second-order valence-electron chi connectivity index (χ2n) is 6.13. The summed E-state index contributed by atoms with van der Waals surface area (Å²) in [5, 5.41) is 9.23. The van der Waals surface area contributed by atoms with Gasteiger partial charge in [0.25, 0.3) is 0 Å². The van der Waals surface area contributed by atoms with Gasteiger partial charge in [-0.25, -0.2) is 9.98 Å². The van der Waals surface area contributed by atoms with Crippen molar-refractivity contribution >= 4 is 57.5 Å². The smallest absolute Gasteiger partial charge is 0.226 e. The number of guanidine groups is 1. The van der Waals surface area contributed by atoms with Crippen molar-refractivity contribution < 1.29 is 9.21 Å². The minimum atomic E-state index is -0.0569. The summed E-state index contributed by atoms with van der Waals surface area (Å²) in [6.07, 6.45) is 0.327. The Kier molecular flexibility index (Phi) is 10.5. The number of carbonyl (C=O) groups is 1. The van der Waals surface area contributed by atoms with E-state index in [4.69, 9.17) is 4.42 Å². The Labute approximate surface area is 191 Å². The lowest BCUT2D eigenvalue weighted by Crippen LogP contribution is -2.38. The Hall–Kier alpha value is -1.62. The molecule has 1 heterocycles. The molecule has 0 atom stereocenters. The molecule has 1 amide bonds. The first-order valence-electron chi connectivity index (χ1n) is 8.90. The third-order valence-electron chi connectivity index (χ3n) is 3.91. The van der Waals surface area contributed by atoms with Gasteiger partial charge in [-0.15, -0.1) is 24.0 Å². The molecule has 0 bridgehead atoms. The van der Waals surface area contributed by atoms with Crippen molar-refractivity contribution in [2.45, 2.75) is 40.7 Å². The van der Waals surface area contributed by atoms with E-state index in [1.54, 1.807) is 0 Å². The number of nitrogens with one attached hydrogen (secondary N) is 3. The van der Waals surface area contributed by atoms with E-state index in [0.717, 1.165) is 33.7 Å². The second kappa shape index (κ2) is 12.1. The molecule has 154 valence electrons. The lowest BCUT2D eigenvalue weighted by molar-refractivity contribution is -0.116. The number of carbonyl (C=O) groups excluding carboxylic acids is 1. The highest BCUT2D eigenvalue weighted by Crippen LogP contribution is 2.20. The van der Waals surface area contributed by atoms with Crippen LogP contribution in [0.15, 0.2) is 32.1 Å². The summed E-state index contributed by atoms with van der Waals surface area (Å²) >= 11 is 3.42. The minimum absolute atomic E-state index is 0. The molecule has 0 spiro atoms. The van der Waals surface area contributed by atoms with E-state index in [1.807, 2.05) is 45.9 Å². The molecule has 2 aromatic rings. The summed E-state index contributed by atoms with van der Waals surface area (Å²) in [5.74, 6) is 1.94. The number of rotatable bonds is 7. The molecule has 2 rings (SSSR count). The number of amides is 1. The number of halogens is 2. The van der Waals surface area contributed by atoms with Crippen molar-refractivity contribution in [2.75, 3.05) is 18.4 Å². The topological polar surface area (TPSA) is 91.6 Å². The number of anilines is 1. The number of hydrogen-bond donors (Lipinski definition) is 3. The van der Waals surface area contributed by atoms with Crippen LogP contribution >= 0.6 is 39.9 Å². The maximum absolute atomic E-state index is 12.2. The Bertz CT molecular complexity index is 803. The van der Waals surface area contributed by atoms with Gasteiger partial charge in [0.15, 0.2) is 5.96 Å². The minimum Gasteiger partial charge on any atom is -0.444 e. The number of hydrogen-bond acceptors (Lipinski definition) is 4. The average Bonchev–Trinajstić information content (AvgIpc) is 2.94. The van der Waals surface area contributed by atoms with E-state index in [-0.39, 0.29) is 29.9 Å². The van der Waals surface area contributed by atoms with Gasteiger partial charge in [-0.05, 0) is 45.4 Å². The molecule has 0 unspecified atom stereocenters. The van der Waals surface area contributed by atoms with Gasteiger partial charge >= 0.3 is 0 Å². The van der Waals surface area contributed by atoms with Crippen molar-refractivity contribution in [1.29, 1.82) is 0 Å². The molecule has 0 fully saturated rings. The molecule has 3 N–H and O–H groups in total. The third kappa shape index (κ3) is 7.78. The highest BCUT2D eigenvalue weighted by molar-refractivity contribution is 14.0.